The van der Waals surface area contributed by atoms with Crippen molar-refractivity contribution >= 4 is 0 Å². The summed E-state index contributed by atoms with van der Waals surface area (Å²) in [6.45, 7) is 0.850. The van der Waals surface area contributed by atoms with Crippen LogP contribution in [0.3, 0.4) is 0 Å². The number of aliphatic hydroxyl groups is 1. The van der Waals surface area contributed by atoms with Crippen LogP contribution in [0.25, 0.3) is 0 Å². The van der Waals surface area contributed by atoms with Crippen LogP contribution in [0.15, 0.2) is 30.3 Å². The van der Waals surface area contributed by atoms with Crippen molar-refractivity contribution in [1.82, 2.24) is 0 Å². The van der Waals surface area contributed by atoms with Gasteiger partial charge in [0, 0.05) is 6.61 Å². The van der Waals surface area contributed by atoms with Crippen molar-refractivity contribution in [1.29, 1.82) is 0 Å². The third-order valence-corrected chi connectivity index (χ3v) is 4.27. The van der Waals surface area contributed by atoms with E-state index in [1.54, 1.807) is 0 Å². The normalized spacial score (nSPS) is 32.4. The van der Waals surface area contributed by atoms with Crippen molar-refractivity contribution in [3.63, 3.8) is 0 Å². The first-order valence-electron chi connectivity index (χ1n) is 7.17. The number of ether oxygens (including phenoxy) is 1. The Balaban J connectivity index is 1.60. The van der Waals surface area contributed by atoms with Crippen LogP contribution in [0.4, 0.5) is 0 Å². The van der Waals surface area contributed by atoms with E-state index in [4.69, 9.17) is 4.74 Å². The third kappa shape index (κ3) is 2.93. The molecule has 1 N–H and O–H groups in total. The fraction of sp³-hybridized carbons (Fsp3) is 0.625. The Kier molecular flexibility index (Phi) is 3.67. The number of benzene rings is 1. The topological polar surface area (TPSA) is 29.5 Å². The first kappa shape index (κ1) is 12.2. The quantitative estimate of drug-likeness (QED) is 0.884. The van der Waals surface area contributed by atoms with Gasteiger partial charge in [-0.15, -0.1) is 0 Å². The molecule has 3 rings (SSSR count). The van der Waals surface area contributed by atoms with Gasteiger partial charge in [-0.3, -0.25) is 0 Å². The largest absolute Gasteiger partial charge is 0.390 e. The standard InChI is InChI=1S/C16H22O2/c17-15-9-8-14(13-4-2-1-3-5-13)10-16(15)18-11-12-6-7-12/h1-5,12,14-17H,6-11H2. The second kappa shape index (κ2) is 5.41. The maximum absolute atomic E-state index is 10.0. The van der Waals surface area contributed by atoms with Crippen LogP contribution in [-0.4, -0.2) is 23.9 Å². The van der Waals surface area contributed by atoms with E-state index in [-0.39, 0.29) is 12.2 Å². The minimum Gasteiger partial charge on any atom is -0.390 e. The van der Waals surface area contributed by atoms with Crippen molar-refractivity contribution in [3.05, 3.63) is 35.9 Å². The lowest BCUT2D eigenvalue weighted by Crippen LogP contribution is -2.35. The summed E-state index contributed by atoms with van der Waals surface area (Å²) < 4.78 is 5.92. The Morgan fingerprint density at radius 2 is 1.83 bits per heavy atom. The summed E-state index contributed by atoms with van der Waals surface area (Å²) in [6, 6.07) is 10.6. The molecule has 1 aromatic rings. The van der Waals surface area contributed by atoms with Crippen LogP contribution < -0.4 is 0 Å². The number of hydrogen-bond donors (Lipinski definition) is 1. The lowest BCUT2D eigenvalue weighted by Gasteiger charge is -2.33. The Bertz CT molecular complexity index is 372. The Morgan fingerprint density at radius 1 is 1.06 bits per heavy atom. The minimum atomic E-state index is -0.260. The van der Waals surface area contributed by atoms with Gasteiger partial charge >= 0.3 is 0 Å². The molecule has 2 aliphatic rings. The number of rotatable bonds is 4. The highest BCUT2D eigenvalue weighted by Crippen LogP contribution is 2.36. The average Bonchev–Trinajstić information content (AvgIpc) is 3.23. The second-order valence-electron chi connectivity index (χ2n) is 5.80. The Hall–Kier alpha value is -0.860. The van der Waals surface area contributed by atoms with E-state index in [1.165, 1.54) is 18.4 Å². The van der Waals surface area contributed by atoms with E-state index >= 15 is 0 Å². The number of aliphatic hydroxyl groups excluding tert-OH is 1. The maximum atomic E-state index is 10.0. The average molecular weight is 246 g/mol. The molecule has 98 valence electrons. The summed E-state index contributed by atoms with van der Waals surface area (Å²) in [6.07, 6.45) is 5.32. The van der Waals surface area contributed by atoms with Crippen molar-refractivity contribution in [2.45, 2.75) is 50.2 Å². The van der Waals surface area contributed by atoms with Crippen molar-refractivity contribution in [3.8, 4) is 0 Å². The molecule has 0 amide bonds. The van der Waals surface area contributed by atoms with Crippen LogP contribution in [0, 0.1) is 5.92 Å². The van der Waals surface area contributed by atoms with Crippen LogP contribution in [0.5, 0.6) is 0 Å². The molecule has 2 heteroatoms. The molecule has 0 aromatic heterocycles. The molecule has 3 atom stereocenters. The van der Waals surface area contributed by atoms with E-state index < -0.39 is 0 Å². The van der Waals surface area contributed by atoms with Gasteiger partial charge in [0.1, 0.15) is 0 Å². The maximum Gasteiger partial charge on any atom is 0.0839 e. The first-order chi connectivity index (χ1) is 8.83. The SMILES string of the molecule is OC1CCC(c2ccccc2)CC1OCC1CC1. The highest BCUT2D eigenvalue weighted by molar-refractivity contribution is 5.20. The zero-order chi connectivity index (χ0) is 12.4. The van der Waals surface area contributed by atoms with Gasteiger partial charge in [0.25, 0.3) is 0 Å². The summed E-state index contributed by atoms with van der Waals surface area (Å²) in [5.74, 6) is 1.33. The van der Waals surface area contributed by atoms with Crippen LogP contribution in [0.1, 0.15) is 43.6 Å². The highest BCUT2D eigenvalue weighted by atomic mass is 16.5. The highest BCUT2D eigenvalue weighted by Gasteiger charge is 2.32. The molecule has 0 aliphatic heterocycles. The Labute approximate surface area is 109 Å². The van der Waals surface area contributed by atoms with Crippen molar-refractivity contribution < 1.29 is 9.84 Å². The summed E-state index contributed by atoms with van der Waals surface area (Å²) >= 11 is 0. The summed E-state index contributed by atoms with van der Waals surface area (Å²) in [4.78, 5) is 0. The van der Waals surface area contributed by atoms with Gasteiger partial charge in [0.2, 0.25) is 0 Å². The molecule has 0 heterocycles. The minimum absolute atomic E-state index is 0.0459. The molecule has 2 nitrogen and oxygen atoms in total. The van der Waals surface area contributed by atoms with E-state index in [1.807, 2.05) is 0 Å². The molecule has 1 aromatic carbocycles. The van der Waals surface area contributed by atoms with Gasteiger partial charge in [-0.1, -0.05) is 30.3 Å². The van der Waals surface area contributed by atoms with Gasteiger partial charge in [-0.05, 0) is 49.5 Å². The molecule has 0 radical (unpaired) electrons. The smallest absolute Gasteiger partial charge is 0.0839 e. The predicted octanol–water partition coefficient (Wildman–Crippen LogP) is 3.11. The molecular formula is C16H22O2. The van der Waals surface area contributed by atoms with Crippen LogP contribution in [-0.2, 0) is 4.74 Å². The molecule has 3 unspecified atom stereocenters. The number of hydrogen-bond acceptors (Lipinski definition) is 2. The molecule has 18 heavy (non-hydrogen) atoms. The second-order valence-corrected chi connectivity index (χ2v) is 5.80. The van der Waals surface area contributed by atoms with E-state index in [0.717, 1.165) is 31.8 Å². The summed E-state index contributed by atoms with van der Waals surface area (Å²) in [5, 5.41) is 10.0. The molecule has 2 fully saturated rings. The van der Waals surface area contributed by atoms with Gasteiger partial charge in [-0.25, -0.2) is 0 Å². The lowest BCUT2D eigenvalue weighted by atomic mass is 9.81. The molecule has 2 aliphatic carbocycles. The van der Waals surface area contributed by atoms with Gasteiger partial charge < -0.3 is 9.84 Å². The fourth-order valence-corrected chi connectivity index (χ4v) is 2.86. The summed E-state index contributed by atoms with van der Waals surface area (Å²) in [7, 11) is 0. The monoisotopic (exact) mass is 246 g/mol. The zero-order valence-electron chi connectivity index (χ0n) is 10.8. The van der Waals surface area contributed by atoms with Crippen molar-refractivity contribution in [2.75, 3.05) is 6.61 Å². The zero-order valence-corrected chi connectivity index (χ0v) is 10.8. The van der Waals surface area contributed by atoms with Gasteiger partial charge in [0.05, 0.1) is 12.2 Å². The van der Waals surface area contributed by atoms with E-state index in [2.05, 4.69) is 30.3 Å². The fourth-order valence-electron chi connectivity index (χ4n) is 2.86. The predicted molar refractivity (Wildman–Crippen MR) is 71.5 cm³/mol. The third-order valence-electron chi connectivity index (χ3n) is 4.27. The molecular weight excluding hydrogens is 224 g/mol. The van der Waals surface area contributed by atoms with Crippen LogP contribution in [0.2, 0.25) is 0 Å². The molecule has 0 saturated heterocycles. The lowest BCUT2D eigenvalue weighted by molar-refractivity contribution is -0.0665. The molecule has 0 spiro atoms. The van der Waals surface area contributed by atoms with Crippen LogP contribution >= 0.6 is 0 Å². The van der Waals surface area contributed by atoms with Crippen molar-refractivity contribution in [2.24, 2.45) is 5.92 Å². The van der Waals surface area contributed by atoms with E-state index in [0.29, 0.717) is 5.92 Å². The molecule has 2 saturated carbocycles. The Morgan fingerprint density at radius 3 is 2.56 bits per heavy atom. The van der Waals surface area contributed by atoms with Gasteiger partial charge in [-0.2, -0.15) is 0 Å². The summed E-state index contributed by atoms with van der Waals surface area (Å²) in [5.41, 5.74) is 1.39. The van der Waals surface area contributed by atoms with E-state index in [9.17, 15) is 5.11 Å². The first-order valence-corrected chi connectivity index (χ1v) is 7.17. The van der Waals surface area contributed by atoms with Gasteiger partial charge in [0.15, 0.2) is 0 Å². The molecule has 0 bridgehead atoms.